The first kappa shape index (κ1) is 20.7. The molecule has 1 rings (SSSR count). The minimum Gasteiger partial charge on any atom is -0.399 e. The number of benzene rings is 1. The molecule has 5 nitrogen and oxygen atoms in total. The molecule has 0 atom stereocenters. The molecule has 0 aromatic heterocycles. The SMILES string of the molecule is CC(C)(C)S(=O)(=O)CCNC(=O)CCc1ccccc1N.Cl. The number of hydrogen-bond acceptors (Lipinski definition) is 4. The van der Waals surface area contributed by atoms with Gasteiger partial charge in [-0.1, -0.05) is 18.2 Å². The Labute approximate surface area is 139 Å². The van der Waals surface area contributed by atoms with Crippen LogP contribution in [0.25, 0.3) is 0 Å². The Hall–Kier alpha value is -1.27. The van der Waals surface area contributed by atoms with Gasteiger partial charge >= 0.3 is 0 Å². The number of nitrogens with one attached hydrogen (secondary N) is 1. The molecule has 0 aliphatic carbocycles. The number of nitrogens with two attached hydrogens (primary N) is 1. The number of nitrogen functional groups attached to an aromatic ring is 1. The van der Waals surface area contributed by atoms with Gasteiger partial charge in [0.05, 0.1) is 10.5 Å². The van der Waals surface area contributed by atoms with Crippen molar-refractivity contribution in [1.82, 2.24) is 5.32 Å². The lowest BCUT2D eigenvalue weighted by Gasteiger charge is -2.19. The highest BCUT2D eigenvalue weighted by molar-refractivity contribution is 7.92. The molecule has 0 saturated carbocycles. The highest BCUT2D eigenvalue weighted by Gasteiger charge is 2.28. The number of rotatable bonds is 6. The number of anilines is 1. The number of amides is 1. The summed E-state index contributed by atoms with van der Waals surface area (Å²) in [6, 6.07) is 7.39. The third kappa shape index (κ3) is 6.23. The van der Waals surface area contributed by atoms with Crippen LogP contribution >= 0.6 is 12.4 Å². The fourth-order valence-corrected chi connectivity index (χ4v) is 2.71. The number of carbonyl (C=O) groups is 1. The van der Waals surface area contributed by atoms with E-state index in [1.165, 1.54) is 0 Å². The zero-order valence-corrected chi connectivity index (χ0v) is 14.9. The summed E-state index contributed by atoms with van der Waals surface area (Å²) >= 11 is 0. The molecule has 126 valence electrons. The molecular weight excluding hydrogens is 324 g/mol. The van der Waals surface area contributed by atoms with Crippen molar-refractivity contribution in [2.24, 2.45) is 0 Å². The van der Waals surface area contributed by atoms with Crippen LogP contribution in [0.3, 0.4) is 0 Å². The maximum atomic E-state index is 11.9. The van der Waals surface area contributed by atoms with Crippen molar-refractivity contribution in [3.05, 3.63) is 29.8 Å². The first-order valence-electron chi connectivity index (χ1n) is 6.96. The quantitative estimate of drug-likeness (QED) is 0.769. The molecule has 3 N–H and O–H groups in total. The second kappa shape index (κ2) is 8.39. The van der Waals surface area contributed by atoms with E-state index in [0.29, 0.717) is 18.5 Å². The van der Waals surface area contributed by atoms with Crippen LogP contribution in [-0.2, 0) is 21.1 Å². The van der Waals surface area contributed by atoms with Gasteiger partial charge in [-0.2, -0.15) is 0 Å². The first-order valence-corrected chi connectivity index (χ1v) is 8.61. The molecular formula is C15H25ClN2O3S. The second-order valence-corrected chi connectivity index (χ2v) is 8.84. The third-order valence-corrected chi connectivity index (χ3v) is 5.91. The Morgan fingerprint density at radius 2 is 1.82 bits per heavy atom. The number of hydrogen-bond donors (Lipinski definition) is 2. The lowest BCUT2D eigenvalue weighted by Crippen LogP contribution is -2.36. The number of sulfone groups is 1. The summed E-state index contributed by atoms with van der Waals surface area (Å²) in [7, 11) is -3.20. The summed E-state index contributed by atoms with van der Waals surface area (Å²) in [5.74, 6) is -0.210. The van der Waals surface area contributed by atoms with Crippen molar-refractivity contribution in [1.29, 1.82) is 0 Å². The molecule has 7 heteroatoms. The predicted octanol–water partition coefficient (Wildman–Crippen LogP) is 1.95. The smallest absolute Gasteiger partial charge is 0.220 e. The van der Waals surface area contributed by atoms with Crippen LogP contribution < -0.4 is 11.1 Å². The first-order chi connectivity index (χ1) is 9.63. The van der Waals surface area contributed by atoms with Crippen molar-refractivity contribution < 1.29 is 13.2 Å². The molecule has 0 saturated heterocycles. The van der Waals surface area contributed by atoms with Crippen LogP contribution in [0, 0.1) is 0 Å². The molecule has 0 spiro atoms. The molecule has 0 radical (unpaired) electrons. The zero-order chi connectivity index (χ0) is 16.1. The standard InChI is InChI=1S/C15H24N2O3S.ClH/c1-15(2,3)21(19,20)11-10-17-14(18)9-8-12-6-4-5-7-13(12)16;/h4-7H,8-11,16H2,1-3H3,(H,17,18);1H. The summed E-state index contributed by atoms with van der Waals surface area (Å²) in [6.45, 7) is 5.11. The average Bonchev–Trinajstić information content (AvgIpc) is 2.36. The van der Waals surface area contributed by atoms with Crippen molar-refractivity contribution in [3.63, 3.8) is 0 Å². The second-order valence-electron chi connectivity index (χ2n) is 5.98. The summed E-state index contributed by atoms with van der Waals surface area (Å²) in [6.07, 6.45) is 0.842. The van der Waals surface area contributed by atoms with Gasteiger partial charge in [0.25, 0.3) is 0 Å². The van der Waals surface area contributed by atoms with Gasteiger partial charge in [0, 0.05) is 18.7 Å². The van der Waals surface area contributed by atoms with Crippen LogP contribution in [0.5, 0.6) is 0 Å². The van der Waals surface area contributed by atoms with E-state index in [1.807, 2.05) is 18.2 Å². The summed E-state index contributed by atoms with van der Waals surface area (Å²) in [5, 5.41) is 2.64. The number of aryl methyl sites for hydroxylation is 1. The van der Waals surface area contributed by atoms with Crippen LogP contribution in [0.4, 0.5) is 5.69 Å². The molecule has 0 heterocycles. The normalized spacial score (nSPS) is 11.6. The van der Waals surface area contributed by atoms with Crippen LogP contribution in [0.15, 0.2) is 24.3 Å². The number of para-hydroxylation sites is 1. The summed E-state index contributed by atoms with van der Waals surface area (Å²) in [4.78, 5) is 11.7. The van der Waals surface area contributed by atoms with E-state index in [-0.39, 0.29) is 30.6 Å². The largest absolute Gasteiger partial charge is 0.399 e. The summed E-state index contributed by atoms with van der Waals surface area (Å²) < 4.78 is 23.0. The van der Waals surface area contributed by atoms with Crippen molar-refractivity contribution in [2.45, 2.75) is 38.4 Å². The molecule has 1 aromatic rings. The lowest BCUT2D eigenvalue weighted by atomic mass is 10.1. The van der Waals surface area contributed by atoms with Gasteiger partial charge < -0.3 is 11.1 Å². The Morgan fingerprint density at radius 3 is 2.36 bits per heavy atom. The van der Waals surface area contributed by atoms with Gasteiger partial charge in [-0.3, -0.25) is 4.79 Å². The van der Waals surface area contributed by atoms with Gasteiger partial charge in [0.2, 0.25) is 5.91 Å². The molecule has 1 aromatic carbocycles. The Kier molecular flexibility index (Phi) is 7.90. The molecule has 0 aliphatic rings. The molecule has 0 fully saturated rings. The van der Waals surface area contributed by atoms with E-state index >= 15 is 0 Å². The molecule has 0 aliphatic heterocycles. The maximum Gasteiger partial charge on any atom is 0.220 e. The van der Waals surface area contributed by atoms with Gasteiger partial charge in [-0.15, -0.1) is 12.4 Å². The molecule has 0 bridgehead atoms. The molecule has 22 heavy (non-hydrogen) atoms. The summed E-state index contributed by atoms with van der Waals surface area (Å²) in [5.41, 5.74) is 7.39. The van der Waals surface area contributed by atoms with E-state index in [1.54, 1.807) is 26.8 Å². The van der Waals surface area contributed by atoms with Crippen LogP contribution in [-0.4, -0.2) is 31.4 Å². The van der Waals surface area contributed by atoms with Gasteiger partial charge in [-0.05, 0) is 38.8 Å². The Balaban J connectivity index is 0.00000441. The third-order valence-electron chi connectivity index (χ3n) is 3.30. The fraction of sp³-hybridized carbons (Fsp3) is 0.533. The maximum absolute atomic E-state index is 11.9. The highest BCUT2D eigenvalue weighted by Crippen LogP contribution is 2.15. The number of halogens is 1. The van der Waals surface area contributed by atoms with Crippen LogP contribution in [0.2, 0.25) is 0 Å². The predicted molar refractivity (Wildman–Crippen MR) is 93.0 cm³/mol. The minimum atomic E-state index is -3.20. The number of carbonyl (C=O) groups excluding carboxylic acids is 1. The van der Waals surface area contributed by atoms with E-state index in [9.17, 15) is 13.2 Å². The van der Waals surface area contributed by atoms with Crippen LogP contribution in [0.1, 0.15) is 32.8 Å². The van der Waals surface area contributed by atoms with Crippen molar-refractivity contribution in [2.75, 3.05) is 18.0 Å². The Bertz CT molecular complexity index is 595. The van der Waals surface area contributed by atoms with Gasteiger partial charge in [0.1, 0.15) is 0 Å². The Morgan fingerprint density at radius 1 is 1.23 bits per heavy atom. The fourth-order valence-electron chi connectivity index (χ4n) is 1.73. The lowest BCUT2D eigenvalue weighted by molar-refractivity contribution is -0.120. The minimum absolute atomic E-state index is 0. The van der Waals surface area contributed by atoms with Gasteiger partial charge in [-0.25, -0.2) is 8.42 Å². The average molecular weight is 349 g/mol. The van der Waals surface area contributed by atoms with Gasteiger partial charge in [0.15, 0.2) is 9.84 Å². The van der Waals surface area contributed by atoms with Crippen molar-refractivity contribution >= 4 is 33.8 Å². The zero-order valence-electron chi connectivity index (χ0n) is 13.3. The highest BCUT2D eigenvalue weighted by atomic mass is 35.5. The monoisotopic (exact) mass is 348 g/mol. The van der Waals surface area contributed by atoms with E-state index in [0.717, 1.165) is 5.56 Å². The van der Waals surface area contributed by atoms with E-state index < -0.39 is 14.6 Å². The van der Waals surface area contributed by atoms with Crippen molar-refractivity contribution in [3.8, 4) is 0 Å². The molecule has 0 unspecified atom stereocenters. The van der Waals surface area contributed by atoms with E-state index in [4.69, 9.17) is 5.73 Å². The topological polar surface area (TPSA) is 89.3 Å². The van der Waals surface area contributed by atoms with E-state index in [2.05, 4.69) is 5.32 Å². The molecule has 1 amide bonds.